The molecule has 1 heterocycles. The zero-order valence-corrected chi connectivity index (χ0v) is 14.0. The van der Waals surface area contributed by atoms with E-state index >= 15 is 0 Å². The predicted molar refractivity (Wildman–Crippen MR) is 86.7 cm³/mol. The van der Waals surface area contributed by atoms with Crippen molar-refractivity contribution in [3.05, 3.63) is 35.4 Å². The molecule has 1 aliphatic heterocycles. The Morgan fingerprint density at radius 2 is 1.74 bits per heavy atom. The molecular formula is C17H23N3O3. The van der Waals surface area contributed by atoms with Gasteiger partial charge in [-0.2, -0.15) is 0 Å². The molecule has 1 aliphatic rings. The van der Waals surface area contributed by atoms with E-state index in [1.165, 1.54) is 0 Å². The van der Waals surface area contributed by atoms with E-state index < -0.39 is 17.5 Å². The molecular weight excluding hydrogens is 294 g/mol. The minimum Gasteiger partial charge on any atom is -0.342 e. The van der Waals surface area contributed by atoms with Gasteiger partial charge in [0.1, 0.15) is 12.1 Å². The smallest absolute Gasteiger partial charge is 0.325 e. The number of nitrogens with zero attached hydrogens (tertiary/aromatic N) is 2. The van der Waals surface area contributed by atoms with Crippen LogP contribution < -0.4 is 5.32 Å². The first-order chi connectivity index (χ1) is 10.8. The monoisotopic (exact) mass is 317 g/mol. The van der Waals surface area contributed by atoms with Crippen molar-refractivity contribution < 1.29 is 14.4 Å². The van der Waals surface area contributed by atoms with Gasteiger partial charge < -0.3 is 10.2 Å². The highest BCUT2D eigenvalue weighted by Gasteiger charge is 2.49. The van der Waals surface area contributed by atoms with Crippen LogP contribution in [0.2, 0.25) is 0 Å². The Bertz CT molecular complexity index is 622. The van der Waals surface area contributed by atoms with Gasteiger partial charge in [0.2, 0.25) is 5.91 Å². The molecule has 1 aromatic carbocycles. The number of carbonyl (C=O) groups is 3. The molecule has 6 nitrogen and oxygen atoms in total. The van der Waals surface area contributed by atoms with E-state index in [2.05, 4.69) is 5.32 Å². The van der Waals surface area contributed by atoms with Gasteiger partial charge in [-0.05, 0) is 33.3 Å². The summed E-state index contributed by atoms with van der Waals surface area (Å²) in [6.07, 6.45) is 0. The zero-order chi connectivity index (χ0) is 17.2. The number of aryl methyl sites for hydroxylation is 1. The van der Waals surface area contributed by atoms with Crippen molar-refractivity contribution in [3.63, 3.8) is 0 Å². The summed E-state index contributed by atoms with van der Waals surface area (Å²) in [5.74, 6) is -0.626. The van der Waals surface area contributed by atoms with Crippen LogP contribution in [0, 0.1) is 6.92 Å². The summed E-state index contributed by atoms with van der Waals surface area (Å²) in [5.41, 5.74) is 0.649. The van der Waals surface area contributed by atoms with E-state index in [9.17, 15) is 14.4 Å². The summed E-state index contributed by atoms with van der Waals surface area (Å²) in [5, 5.41) is 2.71. The van der Waals surface area contributed by atoms with Crippen molar-refractivity contribution in [1.82, 2.24) is 15.1 Å². The summed E-state index contributed by atoms with van der Waals surface area (Å²) in [7, 11) is 0. The number of hydrogen-bond donors (Lipinski definition) is 1. The van der Waals surface area contributed by atoms with Crippen LogP contribution in [0.25, 0.3) is 0 Å². The van der Waals surface area contributed by atoms with Crippen molar-refractivity contribution in [2.75, 3.05) is 19.6 Å². The number of likely N-dealkylation sites (N-methyl/N-ethyl adjacent to an activating group) is 1. The number of imide groups is 1. The molecule has 0 bridgehead atoms. The first-order valence-corrected chi connectivity index (χ1v) is 7.82. The number of rotatable bonds is 5. The number of nitrogens with one attached hydrogen (secondary N) is 1. The van der Waals surface area contributed by atoms with Crippen LogP contribution in [0.3, 0.4) is 0 Å². The molecule has 1 fully saturated rings. The van der Waals surface area contributed by atoms with Gasteiger partial charge in [0, 0.05) is 13.1 Å². The zero-order valence-electron chi connectivity index (χ0n) is 14.0. The normalized spacial score (nSPS) is 20.6. The van der Waals surface area contributed by atoms with E-state index in [4.69, 9.17) is 0 Å². The van der Waals surface area contributed by atoms with Gasteiger partial charge in [-0.3, -0.25) is 14.5 Å². The van der Waals surface area contributed by atoms with Crippen LogP contribution >= 0.6 is 0 Å². The minimum absolute atomic E-state index is 0.228. The summed E-state index contributed by atoms with van der Waals surface area (Å²) in [6, 6.07) is 6.90. The van der Waals surface area contributed by atoms with E-state index in [1.54, 1.807) is 11.8 Å². The third-order valence-electron chi connectivity index (χ3n) is 4.31. The second-order valence-electron chi connectivity index (χ2n) is 5.88. The highest BCUT2D eigenvalue weighted by Crippen LogP contribution is 2.28. The molecule has 6 heteroatoms. The van der Waals surface area contributed by atoms with Gasteiger partial charge >= 0.3 is 6.03 Å². The molecule has 124 valence electrons. The molecule has 0 saturated carbocycles. The van der Waals surface area contributed by atoms with Crippen molar-refractivity contribution in [1.29, 1.82) is 0 Å². The predicted octanol–water partition coefficient (Wildman–Crippen LogP) is 1.63. The second-order valence-corrected chi connectivity index (χ2v) is 5.88. The number of benzene rings is 1. The molecule has 1 saturated heterocycles. The topological polar surface area (TPSA) is 69.7 Å². The highest BCUT2D eigenvalue weighted by molar-refractivity contribution is 6.09. The average molecular weight is 317 g/mol. The van der Waals surface area contributed by atoms with Crippen LogP contribution in [0.1, 0.15) is 31.9 Å². The molecule has 0 unspecified atom stereocenters. The summed E-state index contributed by atoms with van der Waals surface area (Å²) >= 11 is 0. The molecule has 0 spiro atoms. The van der Waals surface area contributed by atoms with Gasteiger partial charge in [-0.15, -0.1) is 0 Å². The maximum absolute atomic E-state index is 12.7. The number of amides is 4. The van der Waals surface area contributed by atoms with Crippen molar-refractivity contribution in [2.45, 2.75) is 33.2 Å². The maximum atomic E-state index is 12.7. The van der Waals surface area contributed by atoms with E-state index in [0.29, 0.717) is 18.7 Å². The van der Waals surface area contributed by atoms with Crippen LogP contribution in [-0.4, -0.2) is 47.3 Å². The molecule has 1 N–H and O–H groups in total. The van der Waals surface area contributed by atoms with Crippen LogP contribution in [0.5, 0.6) is 0 Å². The Hall–Kier alpha value is -2.37. The first kappa shape index (κ1) is 17.0. The Morgan fingerprint density at radius 1 is 1.17 bits per heavy atom. The van der Waals surface area contributed by atoms with E-state index in [-0.39, 0.29) is 12.5 Å². The van der Waals surface area contributed by atoms with Gasteiger partial charge in [0.15, 0.2) is 0 Å². The molecule has 1 aromatic rings. The van der Waals surface area contributed by atoms with Crippen LogP contribution in [0.4, 0.5) is 4.79 Å². The van der Waals surface area contributed by atoms with Gasteiger partial charge in [0.05, 0.1) is 0 Å². The van der Waals surface area contributed by atoms with Crippen molar-refractivity contribution in [3.8, 4) is 0 Å². The quantitative estimate of drug-likeness (QED) is 0.839. The lowest BCUT2D eigenvalue weighted by Gasteiger charge is -2.24. The van der Waals surface area contributed by atoms with Gasteiger partial charge in [-0.25, -0.2) is 4.79 Å². The lowest BCUT2D eigenvalue weighted by Crippen LogP contribution is -2.44. The van der Waals surface area contributed by atoms with Crippen molar-refractivity contribution >= 4 is 17.8 Å². The number of hydrogen-bond acceptors (Lipinski definition) is 3. The molecule has 4 amide bonds. The lowest BCUT2D eigenvalue weighted by molar-refractivity contribution is -0.138. The number of carbonyl (C=O) groups excluding carboxylic acids is 3. The fraction of sp³-hybridized carbons (Fsp3) is 0.471. The van der Waals surface area contributed by atoms with Crippen molar-refractivity contribution in [2.24, 2.45) is 0 Å². The molecule has 0 aliphatic carbocycles. The third kappa shape index (κ3) is 3.06. The third-order valence-corrected chi connectivity index (χ3v) is 4.31. The van der Waals surface area contributed by atoms with Crippen LogP contribution in [0.15, 0.2) is 24.3 Å². The van der Waals surface area contributed by atoms with Gasteiger partial charge in [-0.1, -0.05) is 29.8 Å². The van der Waals surface area contributed by atoms with E-state index in [1.807, 2.05) is 45.0 Å². The molecule has 1 atom stereocenters. The lowest BCUT2D eigenvalue weighted by atomic mass is 9.91. The Morgan fingerprint density at radius 3 is 2.26 bits per heavy atom. The Kier molecular flexibility index (Phi) is 4.73. The first-order valence-electron chi connectivity index (χ1n) is 7.82. The standard InChI is InChI=1S/C17H23N3O3/c1-5-19(6-2)14(21)11-20-15(22)17(4,18-16(20)23)13-9-7-12(3)8-10-13/h7-10H,5-6,11H2,1-4H3,(H,18,23)/t17-/m1/s1. The van der Waals surface area contributed by atoms with Gasteiger partial charge in [0.25, 0.3) is 5.91 Å². The second kappa shape index (κ2) is 6.40. The fourth-order valence-electron chi connectivity index (χ4n) is 2.73. The Balaban J connectivity index is 2.22. The SMILES string of the molecule is CCN(CC)C(=O)CN1C(=O)N[C@](C)(c2ccc(C)cc2)C1=O. The molecule has 0 aromatic heterocycles. The summed E-state index contributed by atoms with van der Waals surface area (Å²) in [4.78, 5) is 39.7. The highest BCUT2D eigenvalue weighted by atomic mass is 16.2. The molecule has 0 radical (unpaired) electrons. The summed E-state index contributed by atoms with van der Waals surface area (Å²) in [6.45, 7) is 8.22. The minimum atomic E-state index is -1.13. The maximum Gasteiger partial charge on any atom is 0.325 e. The molecule has 23 heavy (non-hydrogen) atoms. The largest absolute Gasteiger partial charge is 0.342 e. The number of urea groups is 1. The van der Waals surface area contributed by atoms with Crippen LogP contribution in [-0.2, 0) is 15.1 Å². The molecule has 2 rings (SSSR count). The Labute approximate surface area is 136 Å². The van der Waals surface area contributed by atoms with E-state index in [0.717, 1.165) is 10.5 Å². The summed E-state index contributed by atoms with van der Waals surface area (Å²) < 4.78 is 0. The average Bonchev–Trinajstić information content (AvgIpc) is 2.73. The fourth-order valence-corrected chi connectivity index (χ4v) is 2.73.